The van der Waals surface area contributed by atoms with Crippen molar-refractivity contribution in [1.82, 2.24) is 10.2 Å². The van der Waals surface area contributed by atoms with E-state index in [2.05, 4.69) is 49.3 Å². The number of hydrogen-bond acceptors (Lipinski definition) is 3. The Balaban J connectivity index is 2.45. The lowest BCUT2D eigenvalue weighted by Gasteiger charge is -2.17. The van der Waals surface area contributed by atoms with Gasteiger partial charge in [-0.25, -0.2) is 0 Å². The molecule has 102 valence electrons. The van der Waals surface area contributed by atoms with E-state index in [1.807, 2.05) is 13.1 Å². The Morgan fingerprint density at radius 2 is 2.11 bits per heavy atom. The Labute approximate surface area is 111 Å². The Morgan fingerprint density at radius 3 is 2.78 bits per heavy atom. The van der Waals surface area contributed by atoms with Crippen LogP contribution in [0.15, 0.2) is 24.3 Å². The van der Waals surface area contributed by atoms with Gasteiger partial charge in [0.2, 0.25) is 0 Å². The fourth-order valence-corrected chi connectivity index (χ4v) is 1.91. The highest BCUT2D eigenvalue weighted by Gasteiger charge is 2.02. The van der Waals surface area contributed by atoms with Crippen LogP contribution in [0.1, 0.15) is 25.8 Å². The number of hydrogen-bond donors (Lipinski definition) is 1. The predicted octanol–water partition coefficient (Wildman–Crippen LogP) is 2.52. The molecule has 0 atom stereocenters. The van der Waals surface area contributed by atoms with Crippen molar-refractivity contribution in [3.05, 3.63) is 29.8 Å². The average molecular weight is 250 g/mol. The first kappa shape index (κ1) is 15.0. The number of nitrogens with zero attached hydrogens (tertiary/aromatic N) is 1. The molecule has 0 aromatic heterocycles. The lowest BCUT2D eigenvalue weighted by molar-refractivity contribution is 0.241. The van der Waals surface area contributed by atoms with Gasteiger partial charge in [0.05, 0.1) is 6.10 Å². The zero-order valence-electron chi connectivity index (χ0n) is 12.1. The first-order chi connectivity index (χ1) is 8.61. The van der Waals surface area contributed by atoms with Crippen molar-refractivity contribution in [3.63, 3.8) is 0 Å². The molecular weight excluding hydrogens is 224 g/mol. The van der Waals surface area contributed by atoms with Crippen LogP contribution in [0.4, 0.5) is 0 Å². The van der Waals surface area contributed by atoms with E-state index in [0.717, 1.165) is 25.4 Å². The van der Waals surface area contributed by atoms with Crippen LogP contribution in [0.5, 0.6) is 5.75 Å². The molecule has 0 saturated heterocycles. The molecule has 0 aliphatic rings. The van der Waals surface area contributed by atoms with Gasteiger partial charge in [-0.2, -0.15) is 0 Å². The van der Waals surface area contributed by atoms with Crippen LogP contribution in [0.3, 0.4) is 0 Å². The molecule has 0 radical (unpaired) electrons. The van der Waals surface area contributed by atoms with E-state index in [0.29, 0.717) is 0 Å². The van der Waals surface area contributed by atoms with Crippen LogP contribution in [0.2, 0.25) is 0 Å². The first-order valence-electron chi connectivity index (χ1n) is 6.70. The first-order valence-corrected chi connectivity index (χ1v) is 6.70. The number of benzene rings is 1. The molecule has 0 spiro atoms. The third-order valence-electron chi connectivity index (χ3n) is 2.69. The summed E-state index contributed by atoms with van der Waals surface area (Å²) in [5, 5.41) is 3.17. The van der Waals surface area contributed by atoms with E-state index in [-0.39, 0.29) is 6.10 Å². The van der Waals surface area contributed by atoms with Gasteiger partial charge >= 0.3 is 0 Å². The second-order valence-electron chi connectivity index (χ2n) is 5.01. The molecule has 3 heteroatoms. The van der Waals surface area contributed by atoms with Crippen LogP contribution in [0, 0.1) is 0 Å². The molecule has 0 heterocycles. The van der Waals surface area contributed by atoms with Gasteiger partial charge in [-0.3, -0.25) is 0 Å². The molecule has 1 rings (SSSR count). The summed E-state index contributed by atoms with van der Waals surface area (Å²) in [5.41, 5.74) is 1.31. The molecule has 0 amide bonds. The monoisotopic (exact) mass is 250 g/mol. The summed E-state index contributed by atoms with van der Waals surface area (Å²) in [6.45, 7) is 7.25. The van der Waals surface area contributed by atoms with Crippen molar-refractivity contribution in [2.24, 2.45) is 0 Å². The molecule has 0 aliphatic carbocycles. The second kappa shape index (κ2) is 8.11. The fraction of sp³-hybridized carbons (Fsp3) is 0.600. The summed E-state index contributed by atoms with van der Waals surface area (Å²) >= 11 is 0. The van der Waals surface area contributed by atoms with E-state index in [4.69, 9.17) is 4.74 Å². The molecule has 1 N–H and O–H groups in total. The van der Waals surface area contributed by atoms with Gasteiger partial charge in [0.25, 0.3) is 0 Å². The Kier molecular flexibility index (Phi) is 6.76. The molecule has 0 aliphatic heterocycles. The normalized spacial score (nSPS) is 11.2. The third-order valence-corrected chi connectivity index (χ3v) is 2.69. The Hall–Kier alpha value is -1.06. The molecule has 0 bridgehead atoms. The van der Waals surface area contributed by atoms with Crippen molar-refractivity contribution in [2.75, 3.05) is 27.2 Å². The SMILES string of the molecule is CNCCCN(C)Cc1cccc(OC(C)C)c1. The van der Waals surface area contributed by atoms with E-state index < -0.39 is 0 Å². The van der Waals surface area contributed by atoms with Gasteiger partial charge in [0, 0.05) is 6.54 Å². The minimum Gasteiger partial charge on any atom is -0.491 e. The smallest absolute Gasteiger partial charge is 0.120 e. The van der Waals surface area contributed by atoms with E-state index in [1.54, 1.807) is 0 Å². The Bertz CT molecular complexity index is 339. The quantitative estimate of drug-likeness (QED) is 0.718. The maximum absolute atomic E-state index is 5.71. The molecule has 0 fully saturated rings. The van der Waals surface area contributed by atoms with Gasteiger partial charge in [-0.15, -0.1) is 0 Å². The number of rotatable bonds is 8. The van der Waals surface area contributed by atoms with Gasteiger partial charge in [0.15, 0.2) is 0 Å². The summed E-state index contributed by atoms with van der Waals surface area (Å²) in [5.74, 6) is 0.964. The zero-order chi connectivity index (χ0) is 13.4. The molecule has 18 heavy (non-hydrogen) atoms. The minimum atomic E-state index is 0.230. The molecular formula is C15H26N2O. The maximum atomic E-state index is 5.71. The Morgan fingerprint density at radius 1 is 1.33 bits per heavy atom. The fourth-order valence-electron chi connectivity index (χ4n) is 1.91. The molecule has 0 unspecified atom stereocenters. The van der Waals surface area contributed by atoms with Crippen molar-refractivity contribution < 1.29 is 4.74 Å². The van der Waals surface area contributed by atoms with Gasteiger partial charge in [-0.1, -0.05) is 12.1 Å². The van der Waals surface area contributed by atoms with Crippen LogP contribution in [-0.4, -0.2) is 38.2 Å². The molecule has 3 nitrogen and oxygen atoms in total. The highest BCUT2D eigenvalue weighted by molar-refractivity contribution is 5.28. The summed E-state index contributed by atoms with van der Waals surface area (Å²) in [6, 6.07) is 8.37. The number of nitrogens with one attached hydrogen (secondary N) is 1. The van der Waals surface area contributed by atoms with Gasteiger partial charge in [0.1, 0.15) is 5.75 Å². The van der Waals surface area contributed by atoms with Gasteiger partial charge < -0.3 is 15.0 Å². The van der Waals surface area contributed by atoms with Crippen LogP contribution in [-0.2, 0) is 6.54 Å². The molecule has 1 aromatic carbocycles. The summed E-state index contributed by atoms with van der Waals surface area (Å²) < 4.78 is 5.71. The van der Waals surface area contributed by atoms with E-state index in [1.165, 1.54) is 12.0 Å². The summed E-state index contributed by atoms with van der Waals surface area (Å²) in [6.07, 6.45) is 1.41. The summed E-state index contributed by atoms with van der Waals surface area (Å²) in [7, 11) is 4.15. The van der Waals surface area contributed by atoms with E-state index >= 15 is 0 Å². The molecule has 1 aromatic rings. The van der Waals surface area contributed by atoms with E-state index in [9.17, 15) is 0 Å². The van der Waals surface area contributed by atoms with Crippen LogP contribution >= 0.6 is 0 Å². The highest BCUT2D eigenvalue weighted by Crippen LogP contribution is 2.16. The number of ether oxygens (including phenoxy) is 1. The highest BCUT2D eigenvalue weighted by atomic mass is 16.5. The minimum absolute atomic E-state index is 0.230. The average Bonchev–Trinajstić information content (AvgIpc) is 2.28. The largest absolute Gasteiger partial charge is 0.491 e. The zero-order valence-corrected chi connectivity index (χ0v) is 12.1. The van der Waals surface area contributed by atoms with Crippen molar-refractivity contribution in [3.8, 4) is 5.75 Å². The van der Waals surface area contributed by atoms with Crippen molar-refractivity contribution >= 4 is 0 Å². The van der Waals surface area contributed by atoms with Crippen molar-refractivity contribution in [1.29, 1.82) is 0 Å². The predicted molar refractivity (Wildman–Crippen MR) is 77.1 cm³/mol. The summed E-state index contributed by atoms with van der Waals surface area (Å²) in [4.78, 5) is 2.34. The standard InChI is InChI=1S/C15H26N2O/c1-13(2)18-15-8-5-7-14(11-15)12-17(4)10-6-9-16-3/h5,7-8,11,13,16H,6,9-10,12H2,1-4H3. The maximum Gasteiger partial charge on any atom is 0.120 e. The van der Waals surface area contributed by atoms with Crippen molar-refractivity contribution in [2.45, 2.75) is 32.9 Å². The topological polar surface area (TPSA) is 24.5 Å². The molecule has 0 saturated carbocycles. The lowest BCUT2D eigenvalue weighted by atomic mass is 10.2. The second-order valence-corrected chi connectivity index (χ2v) is 5.01. The van der Waals surface area contributed by atoms with Crippen LogP contribution < -0.4 is 10.1 Å². The third kappa shape index (κ3) is 6.03. The lowest BCUT2D eigenvalue weighted by Crippen LogP contribution is -2.22. The van der Waals surface area contributed by atoms with Crippen LogP contribution in [0.25, 0.3) is 0 Å². The van der Waals surface area contributed by atoms with Gasteiger partial charge in [-0.05, 0) is 65.1 Å².